The number of amides is 1. The number of hydrogen-bond donors (Lipinski definition) is 2. The summed E-state index contributed by atoms with van der Waals surface area (Å²) in [5.41, 5.74) is 2.47. The number of H-pyrrole nitrogens is 1. The molecule has 0 aliphatic carbocycles. The minimum absolute atomic E-state index is 0.126. The zero-order chi connectivity index (χ0) is 15.6. The molecule has 0 aliphatic heterocycles. The number of carbonyl (C=O) groups excluding carboxylic acids is 1. The molecule has 0 radical (unpaired) electrons. The highest BCUT2D eigenvalue weighted by atomic mass is 16.2. The molecule has 1 amide bonds. The second-order valence-electron chi connectivity index (χ2n) is 5.37. The van der Waals surface area contributed by atoms with Gasteiger partial charge in [-0.2, -0.15) is 5.10 Å². The van der Waals surface area contributed by atoms with Gasteiger partial charge in [-0.3, -0.25) is 14.3 Å². The summed E-state index contributed by atoms with van der Waals surface area (Å²) < 4.78 is 1.85. The first-order valence-corrected chi connectivity index (χ1v) is 6.88. The van der Waals surface area contributed by atoms with Gasteiger partial charge in [-0.25, -0.2) is 0 Å². The molecule has 0 fully saturated rings. The van der Waals surface area contributed by atoms with E-state index in [9.17, 15) is 9.59 Å². The Balaban J connectivity index is 2.05. The average Bonchev–Trinajstić information content (AvgIpc) is 2.67. The standard InChI is InChI=1S/C15H20N4O2/c1-9-5-6-13(14(20)16-9)15(21)17-11(3)8-19-12(4)7-10(2)18-19/h5-7,11H,8H2,1-4H3,(H,16,20)(H,17,21). The van der Waals surface area contributed by atoms with Crippen molar-refractivity contribution in [1.29, 1.82) is 0 Å². The van der Waals surface area contributed by atoms with Crippen molar-refractivity contribution in [3.05, 3.63) is 51.2 Å². The third-order valence-electron chi connectivity index (χ3n) is 3.23. The second kappa shape index (κ2) is 5.95. The van der Waals surface area contributed by atoms with Crippen molar-refractivity contribution in [2.24, 2.45) is 0 Å². The first kappa shape index (κ1) is 15.0. The van der Waals surface area contributed by atoms with Gasteiger partial charge in [0.15, 0.2) is 0 Å². The molecule has 0 bridgehead atoms. The van der Waals surface area contributed by atoms with Crippen LogP contribution in [0.2, 0.25) is 0 Å². The Hall–Kier alpha value is -2.37. The van der Waals surface area contributed by atoms with Crippen molar-refractivity contribution < 1.29 is 4.79 Å². The van der Waals surface area contributed by atoms with Gasteiger partial charge < -0.3 is 10.3 Å². The van der Waals surface area contributed by atoms with Gasteiger partial charge >= 0.3 is 0 Å². The lowest BCUT2D eigenvalue weighted by atomic mass is 10.2. The molecule has 2 heterocycles. The highest BCUT2D eigenvalue weighted by Crippen LogP contribution is 2.03. The molecule has 2 N–H and O–H groups in total. The van der Waals surface area contributed by atoms with E-state index in [2.05, 4.69) is 15.4 Å². The van der Waals surface area contributed by atoms with Crippen molar-refractivity contribution in [1.82, 2.24) is 20.1 Å². The largest absolute Gasteiger partial charge is 0.348 e. The van der Waals surface area contributed by atoms with Crippen molar-refractivity contribution in [2.75, 3.05) is 0 Å². The summed E-state index contributed by atoms with van der Waals surface area (Å²) in [6.45, 7) is 8.12. The lowest BCUT2D eigenvalue weighted by Gasteiger charge is -2.15. The zero-order valence-corrected chi connectivity index (χ0v) is 12.7. The Morgan fingerprint density at radius 1 is 1.38 bits per heavy atom. The summed E-state index contributed by atoms with van der Waals surface area (Å²) >= 11 is 0. The molecule has 0 saturated carbocycles. The predicted molar refractivity (Wildman–Crippen MR) is 80.4 cm³/mol. The van der Waals surface area contributed by atoms with Crippen LogP contribution in [0.3, 0.4) is 0 Å². The summed E-state index contributed by atoms with van der Waals surface area (Å²) in [5.74, 6) is -0.370. The molecule has 0 saturated heterocycles. The Morgan fingerprint density at radius 3 is 2.67 bits per heavy atom. The van der Waals surface area contributed by atoms with Crippen LogP contribution in [0.5, 0.6) is 0 Å². The quantitative estimate of drug-likeness (QED) is 0.890. The molecule has 112 valence electrons. The fraction of sp³-hybridized carbons (Fsp3) is 0.400. The third-order valence-corrected chi connectivity index (χ3v) is 3.23. The Kier molecular flexibility index (Phi) is 4.26. The molecule has 1 atom stereocenters. The Morgan fingerprint density at radius 2 is 2.10 bits per heavy atom. The summed E-state index contributed by atoms with van der Waals surface area (Å²) in [6, 6.07) is 5.11. The van der Waals surface area contributed by atoms with Crippen molar-refractivity contribution in [3.8, 4) is 0 Å². The van der Waals surface area contributed by atoms with E-state index in [1.165, 1.54) is 0 Å². The van der Waals surface area contributed by atoms with Crippen LogP contribution in [0.15, 0.2) is 23.0 Å². The molecule has 0 spiro atoms. The molecule has 6 heteroatoms. The van der Waals surface area contributed by atoms with E-state index >= 15 is 0 Å². The maximum atomic E-state index is 12.1. The summed E-state index contributed by atoms with van der Waals surface area (Å²) in [7, 11) is 0. The topological polar surface area (TPSA) is 79.8 Å². The number of aromatic nitrogens is 3. The SMILES string of the molecule is Cc1cc(C)n(CC(C)NC(=O)c2ccc(C)[nH]c2=O)n1. The number of pyridine rings is 1. The van der Waals surface area contributed by atoms with Crippen LogP contribution < -0.4 is 10.9 Å². The van der Waals surface area contributed by atoms with E-state index in [-0.39, 0.29) is 23.1 Å². The van der Waals surface area contributed by atoms with Gasteiger partial charge in [0.2, 0.25) is 0 Å². The van der Waals surface area contributed by atoms with Gasteiger partial charge in [0.25, 0.3) is 11.5 Å². The number of aromatic amines is 1. The van der Waals surface area contributed by atoms with Gasteiger partial charge in [0.05, 0.1) is 12.2 Å². The van der Waals surface area contributed by atoms with Crippen LogP contribution in [0.4, 0.5) is 0 Å². The highest BCUT2D eigenvalue weighted by molar-refractivity contribution is 5.93. The van der Waals surface area contributed by atoms with E-state index in [1.807, 2.05) is 31.5 Å². The van der Waals surface area contributed by atoms with Gasteiger partial charge in [0.1, 0.15) is 5.56 Å². The molecule has 0 aromatic carbocycles. The van der Waals surface area contributed by atoms with E-state index in [1.54, 1.807) is 19.1 Å². The first-order valence-electron chi connectivity index (χ1n) is 6.88. The molecule has 0 aliphatic rings. The smallest absolute Gasteiger partial charge is 0.260 e. The molecule has 2 aromatic rings. The number of nitrogens with zero attached hydrogens (tertiary/aromatic N) is 2. The van der Waals surface area contributed by atoms with E-state index < -0.39 is 0 Å². The van der Waals surface area contributed by atoms with Crippen molar-refractivity contribution in [3.63, 3.8) is 0 Å². The van der Waals surface area contributed by atoms with Crippen LogP contribution >= 0.6 is 0 Å². The zero-order valence-electron chi connectivity index (χ0n) is 12.7. The predicted octanol–water partition coefficient (Wildman–Crippen LogP) is 1.32. The summed E-state index contributed by atoms with van der Waals surface area (Å²) in [6.07, 6.45) is 0. The van der Waals surface area contributed by atoms with Crippen LogP contribution in [-0.2, 0) is 6.54 Å². The molecule has 1 unspecified atom stereocenters. The molecular formula is C15H20N4O2. The summed E-state index contributed by atoms with van der Waals surface area (Å²) in [5, 5.41) is 7.18. The van der Waals surface area contributed by atoms with Gasteiger partial charge in [-0.1, -0.05) is 0 Å². The maximum absolute atomic E-state index is 12.1. The average molecular weight is 288 g/mol. The Bertz CT molecular complexity index is 715. The van der Waals surface area contributed by atoms with Gasteiger partial charge in [-0.05, 0) is 45.9 Å². The minimum atomic E-state index is -0.370. The first-order chi connectivity index (χ1) is 9.86. The third kappa shape index (κ3) is 3.59. The lowest BCUT2D eigenvalue weighted by molar-refractivity contribution is 0.0934. The monoisotopic (exact) mass is 288 g/mol. The molecule has 2 aromatic heterocycles. The van der Waals surface area contributed by atoms with E-state index in [0.29, 0.717) is 6.54 Å². The fourth-order valence-electron chi connectivity index (χ4n) is 2.22. The van der Waals surface area contributed by atoms with Crippen LogP contribution in [-0.4, -0.2) is 26.7 Å². The van der Waals surface area contributed by atoms with Crippen molar-refractivity contribution >= 4 is 5.91 Å². The molecule has 2 rings (SSSR count). The molecule has 21 heavy (non-hydrogen) atoms. The van der Waals surface area contributed by atoms with E-state index in [0.717, 1.165) is 17.1 Å². The number of nitrogens with one attached hydrogen (secondary N) is 2. The minimum Gasteiger partial charge on any atom is -0.348 e. The second-order valence-corrected chi connectivity index (χ2v) is 5.37. The number of aryl methyl sites for hydroxylation is 3. The maximum Gasteiger partial charge on any atom is 0.260 e. The molecular weight excluding hydrogens is 268 g/mol. The van der Waals surface area contributed by atoms with Crippen LogP contribution in [0, 0.1) is 20.8 Å². The van der Waals surface area contributed by atoms with Crippen LogP contribution in [0.1, 0.15) is 34.4 Å². The Labute approximate surface area is 123 Å². The number of carbonyl (C=O) groups is 1. The van der Waals surface area contributed by atoms with Gasteiger partial charge in [-0.15, -0.1) is 0 Å². The number of rotatable bonds is 4. The summed E-state index contributed by atoms with van der Waals surface area (Å²) in [4.78, 5) is 26.5. The molecule has 6 nitrogen and oxygen atoms in total. The van der Waals surface area contributed by atoms with E-state index in [4.69, 9.17) is 0 Å². The number of hydrogen-bond acceptors (Lipinski definition) is 3. The highest BCUT2D eigenvalue weighted by Gasteiger charge is 2.14. The van der Waals surface area contributed by atoms with Crippen molar-refractivity contribution in [2.45, 2.75) is 40.3 Å². The lowest BCUT2D eigenvalue weighted by Crippen LogP contribution is -2.38. The van der Waals surface area contributed by atoms with Crippen LogP contribution in [0.25, 0.3) is 0 Å². The normalized spacial score (nSPS) is 12.2. The van der Waals surface area contributed by atoms with Gasteiger partial charge in [0, 0.05) is 17.4 Å². The fourth-order valence-corrected chi connectivity index (χ4v) is 2.22.